The molecule has 0 bridgehead atoms. The van der Waals surface area contributed by atoms with Crippen LogP contribution in [-0.2, 0) is 4.79 Å². The van der Waals surface area contributed by atoms with Gasteiger partial charge in [0.05, 0.1) is 17.7 Å². The highest BCUT2D eigenvalue weighted by molar-refractivity contribution is 5.78. The molecule has 5 nitrogen and oxygen atoms in total. The normalized spacial score (nSPS) is 17.1. The van der Waals surface area contributed by atoms with E-state index in [1.54, 1.807) is 20.0 Å². The number of hydrogen-bond donors (Lipinski definition) is 2. The van der Waals surface area contributed by atoms with Gasteiger partial charge in [-0.3, -0.25) is 4.79 Å². The molecule has 112 valence electrons. The molecule has 1 aliphatic heterocycles. The molecular formula is C16H21N3O2. The van der Waals surface area contributed by atoms with E-state index in [9.17, 15) is 9.90 Å². The Morgan fingerprint density at radius 3 is 2.67 bits per heavy atom. The SMILES string of the molecule is CNC(=O)C1CCN(c2cc(C#N)ccc2[C@H](C)O)CC1. The van der Waals surface area contributed by atoms with Gasteiger partial charge in [-0.1, -0.05) is 6.07 Å². The van der Waals surface area contributed by atoms with Crippen molar-refractivity contribution in [2.24, 2.45) is 5.92 Å². The minimum absolute atomic E-state index is 0.0559. The number of nitrogens with zero attached hydrogens (tertiary/aromatic N) is 2. The molecule has 0 aromatic heterocycles. The van der Waals surface area contributed by atoms with Crippen molar-refractivity contribution in [3.8, 4) is 6.07 Å². The second kappa shape index (κ2) is 6.59. The summed E-state index contributed by atoms with van der Waals surface area (Å²) in [5.41, 5.74) is 2.31. The van der Waals surface area contributed by atoms with Gasteiger partial charge in [0.2, 0.25) is 5.91 Å². The van der Waals surface area contributed by atoms with E-state index < -0.39 is 6.10 Å². The van der Waals surface area contributed by atoms with Crippen LogP contribution >= 0.6 is 0 Å². The molecule has 2 rings (SSSR count). The lowest BCUT2D eigenvalue weighted by Crippen LogP contribution is -2.40. The number of aliphatic hydroxyl groups is 1. The van der Waals surface area contributed by atoms with Crippen LogP contribution in [0.5, 0.6) is 0 Å². The Hall–Kier alpha value is -2.06. The van der Waals surface area contributed by atoms with E-state index in [1.807, 2.05) is 12.1 Å². The molecule has 5 heteroatoms. The van der Waals surface area contributed by atoms with Crippen molar-refractivity contribution in [3.05, 3.63) is 29.3 Å². The van der Waals surface area contributed by atoms with Gasteiger partial charge in [-0.15, -0.1) is 0 Å². The van der Waals surface area contributed by atoms with Crippen LogP contribution in [0.15, 0.2) is 18.2 Å². The van der Waals surface area contributed by atoms with Crippen molar-refractivity contribution < 1.29 is 9.90 Å². The summed E-state index contributed by atoms with van der Waals surface area (Å²) in [6, 6.07) is 7.49. The van der Waals surface area contributed by atoms with Crippen LogP contribution in [0.2, 0.25) is 0 Å². The third kappa shape index (κ3) is 3.34. The predicted molar refractivity (Wildman–Crippen MR) is 80.8 cm³/mol. The van der Waals surface area contributed by atoms with Gasteiger partial charge in [0.15, 0.2) is 0 Å². The van der Waals surface area contributed by atoms with E-state index in [2.05, 4.69) is 16.3 Å². The molecule has 2 N–H and O–H groups in total. The van der Waals surface area contributed by atoms with Crippen molar-refractivity contribution in [1.29, 1.82) is 5.26 Å². The third-order valence-electron chi connectivity index (χ3n) is 4.06. The maximum Gasteiger partial charge on any atom is 0.222 e. The van der Waals surface area contributed by atoms with Crippen LogP contribution in [0.1, 0.15) is 37.0 Å². The smallest absolute Gasteiger partial charge is 0.222 e. The number of anilines is 1. The Morgan fingerprint density at radius 2 is 2.14 bits per heavy atom. The first-order chi connectivity index (χ1) is 10.1. The second-order valence-corrected chi connectivity index (χ2v) is 5.44. The van der Waals surface area contributed by atoms with Crippen molar-refractivity contribution in [2.45, 2.75) is 25.9 Å². The third-order valence-corrected chi connectivity index (χ3v) is 4.06. The van der Waals surface area contributed by atoms with Gasteiger partial charge in [-0.05, 0) is 31.9 Å². The highest BCUT2D eigenvalue weighted by Crippen LogP contribution is 2.31. The molecule has 1 heterocycles. The summed E-state index contributed by atoms with van der Waals surface area (Å²) in [5, 5.41) is 21.7. The molecular weight excluding hydrogens is 266 g/mol. The standard InChI is InChI=1S/C16H21N3O2/c1-11(20)14-4-3-12(10-17)9-15(14)19-7-5-13(6-8-19)16(21)18-2/h3-4,9,11,13,20H,5-8H2,1-2H3,(H,18,21)/t11-/m0/s1. The Balaban J connectivity index is 2.19. The largest absolute Gasteiger partial charge is 0.389 e. The van der Waals surface area contributed by atoms with E-state index in [0.717, 1.165) is 37.2 Å². The van der Waals surface area contributed by atoms with Gasteiger partial charge in [-0.2, -0.15) is 5.26 Å². The lowest BCUT2D eigenvalue weighted by atomic mass is 9.94. The number of piperidine rings is 1. The van der Waals surface area contributed by atoms with E-state index in [4.69, 9.17) is 5.26 Å². The predicted octanol–water partition coefficient (Wildman–Crippen LogP) is 1.57. The molecule has 1 saturated heterocycles. The minimum atomic E-state index is -0.579. The van der Waals surface area contributed by atoms with E-state index >= 15 is 0 Å². The first-order valence-corrected chi connectivity index (χ1v) is 7.25. The van der Waals surface area contributed by atoms with Crippen molar-refractivity contribution in [3.63, 3.8) is 0 Å². The zero-order valence-corrected chi connectivity index (χ0v) is 12.5. The minimum Gasteiger partial charge on any atom is -0.389 e. The average Bonchev–Trinajstić information content (AvgIpc) is 2.53. The fraction of sp³-hybridized carbons (Fsp3) is 0.500. The number of carbonyl (C=O) groups is 1. The van der Waals surface area contributed by atoms with Crippen LogP contribution < -0.4 is 10.2 Å². The van der Waals surface area contributed by atoms with Crippen molar-refractivity contribution >= 4 is 11.6 Å². The van der Waals surface area contributed by atoms with Gasteiger partial charge in [0, 0.05) is 37.3 Å². The molecule has 1 fully saturated rings. The fourth-order valence-corrected chi connectivity index (χ4v) is 2.83. The molecule has 1 aliphatic rings. The van der Waals surface area contributed by atoms with E-state index in [0.29, 0.717) is 5.56 Å². The summed E-state index contributed by atoms with van der Waals surface area (Å²) in [4.78, 5) is 13.8. The molecule has 0 unspecified atom stereocenters. The van der Waals surface area contributed by atoms with Gasteiger partial charge < -0.3 is 15.3 Å². The number of carbonyl (C=O) groups excluding carboxylic acids is 1. The topological polar surface area (TPSA) is 76.4 Å². The quantitative estimate of drug-likeness (QED) is 0.885. The zero-order valence-electron chi connectivity index (χ0n) is 12.5. The number of benzene rings is 1. The molecule has 1 atom stereocenters. The Morgan fingerprint density at radius 1 is 1.48 bits per heavy atom. The van der Waals surface area contributed by atoms with Crippen LogP contribution in [0.3, 0.4) is 0 Å². The second-order valence-electron chi connectivity index (χ2n) is 5.44. The molecule has 0 aliphatic carbocycles. The Bertz CT molecular complexity index is 555. The molecule has 0 saturated carbocycles. The summed E-state index contributed by atoms with van der Waals surface area (Å²) in [7, 11) is 1.66. The number of aliphatic hydroxyl groups excluding tert-OH is 1. The van der Waals surface area contributed by atoms with Crippen LogP contribution in [0.4, 0.5) is 5.69 Å². The highest BCUT2D eigenvalue weighted by Gasteiger charge is 2.26. The molecule has 21 heavy (non-hydrogen) atoms. The lowest BCUT2D eigenvalue weighted by molar-refractivity contribution is -0.125. The van der Waals surface area contributed by atoms with Crippen molar-refractivity contribution in [1.82, 2.24) is 5.32 Å². The van der Waals surface area contributed by atoms with Crippen LogP contribution in [0, 0.1) is 17.2 Å². The van der Waals surface area contributed by atoms with Gasteiger partial charge in [-0.25, -0.2) is 0 Å². The average molecular weight is 287 g/mol. The molecule has 1 aromatic rings. The summed E-state index contributed by atoms with van der Waals surface area (Å²) in [6.07, 6.45) is 0.996. The summed E-state index contributed by atoms with van der Waals surface area (Å²) < 4.78 is 0. The fourth-order valence-electron chi connectivity index (χ4n) is 2.83. The number of nitriles is 1. The first kappa shape index (κ1) is 15.3. The van der Waals surface area contributed by atoms with Crippen LogP contribution in [0.25, 0.3) is 0 Å². The Labute approximate surface area is 125 Å². The maximum atomic E-state index is 11.7. The number of amides is 1. The molecule has 1 amide bonds. The zero-order chi connectivity index (χ0) is 15.4. The van der Waals surface area contributed by atoms with E-state index in [1.165, 1.54) is 0 Å². The monoisotopic (exact) mass is 287 g/mol. The highest BCUT2D eigenvalue weighted by atomic mass is 16.3. The number of rotatable bonds is 3. The lowest BCUT2D eigenvalue weighted by Gasteiger charge is -2.34. The Kier molecular flexibility index (Phi) is 4.81. The molecule has 0 spiro atoms. The van der Waals surface area contributed by atoms with Gasteiger partial charge in [0.1, 0.15) is 0 Å². The van der Waals surface area contributed by atoms with Crippen LogP contribution in [-0.4, -0.2) is 31.2 Å². The molecule has 0 radical (unpaired) electrons. The summed E-state index contributed by atoms with van der Waals surface area (Å²) in [5.74, 6) is 0.150. The maximum absolute atomic E-state index is 11.7. The number of nitrogens with one attached hydrogen (secondary N) is 1. The van der Waals surface area contributed by atoms with Crippen molar-refractivity contribution in [2.75, 3.05) is 25.0 Å². The summed E-state index contributed by atoms with van der Waals surface area (Å²) in [6.45, 7) is 3.24. The molecule has 1 aromatic carbocycles. The van der Waals surface area contributed by atoms with E-state index in [-0.39, 0.29) is 11.8 Å². The van der Waals surface area contributed by atoms with Gasteiger partial charge >= 0.3 is 0 Å². The van der Waals surface area contributed by atoms with Gasteiger partial charge in [0.25, 0.3) is 0 Å². The number of hydrogen-bond acceptors (Lipinski definition) is 4. The summed E-state index contributed by atoms with van der Waals surface area (Å²) >= 11 is 0. The first-order valence-electron chi connectivity index (χ1n) is 7.25.